The molecule has 0 bridgehead atoms. The molecule has 1 N–H and O–H groups in total. The molecule has 5 heteroatoms. The van der Waals surface area contributed by atoms with E-state index in [0.29, 0.717) is 17.0 Å². The summed E-state index contributed by atoms with van der Waals surface area (Å²) in [7, 11) is 1.54. The highest BCUT2D eigenvalue weighted by molar-refractivity contribution is 9.10. The second-order valence-electron chi connectivity index (χ2n) is 4.38. The topological polar surface area (TPSA) is 62.1 Å². The summed E-state index contributed by atoms with van der Waals surface area (Å²) in [4.78, 5) is 12.2. The number of anilines is 1. The molecule has 0 aliphatic carbocycles. The number of rotatable bonds is 4. The number of benzene rings is 2. The molecule has 0 aliphatic rings. The summed E-state index contributed by atoms with van der Waals surface area (Å²) >= 11 is 3.33. The van der Waals surface area contributed by atoms with Crippen molar-refractivity contribution in [2.45, 2.75) is 0 Å². The van der Waals surface area contributed by atoms with E-state index in [-0.39, 0.29) is 5.57 Å². The van der Waals surface area contributed by atoms with E-state index in [4.69, 9.17) is 4.74 Å². The van der Waals surface area contributed by atoms with Crippen LogP contribution in [-0.2, 0) is 4.79 Å². The van der Waals surface area contributed by atoms with E-state index >= 15 is 0 Å². The van der Waals surface area contributed by atoms with Gasteiger partial charge in [0.1, 0.15) is 17.4 Å². The Balaban J connectivity index is 2.26. The van der Waals surface area contributed by atoms with Crippen LogP contribution >= 0.6 is 15.9 Å². The Kier molecular flexibility index (Phi) is 5.34. The second-order valence-corrected chi connectivity index (χ2v) is 5.29. The van der Waals surface area contributed by atoms with Gasteiger partial charge in [0.15, 0.2) is 0 Å². The van der Waals surface area contributed by atoms with Crippen molar-refractivity contribution in [2.24, 2.45) is 0 Å². The van der Waals surface area contributed by atoms with Gasteiger partial charge in [-0.05, 0) is 30.3 Å². The van der Waals surface area contributed by atoms with Crippen LogP contribution in [0.2, 0.25) is 0 Å². The second kappa shape index (κ2) is 7.43. The summed E-state index contributed by atoms with van der Waals surface area (Å²) in [5.74, 6) is 0.136. The molecule has 0 aliphatic heterocycles. The maximum absolute atomic E-state index is 12.2. The lowest BCUT2D eigenvalue weighted by molar-refractivity contribution is -0.112. The molecular formula is C17H13BrN2O2. The van der Waals surface area contributed by atoms with Gasteiger partial charge in [-0.1, -0.05) is 40.2 Å². The minimum absolute atomic E-state index is 0.00414. The number of nitrogens with zero attached hydrogens (tertiary/aromatic N) is 1. The van der Waals surface area contributed by atoms with Gasteiger partial charge in [0.25, 0.3) is 5.91 Å². The van der Waals surface area contributed by atoms with Crippen LogP contribution in [0.5, 0.6) is 5.75 Å². The van der Waals surface area contributed by atoms with E-state index in [1.165, 1.54) is 6.08 Å². The molecule has 0 saturated carbocycles. The largest absolute Gasteiger partial charge is 0.496 e. The highest BCUT2D eigenvalue weighted by Crippen LogP contribution is 2.21. The van der Waals surface area contributed by atoms with Crippen molar-refractivity contribution in [3.05, 3.63) is 64.1 Å². The van der Waals surface area contributed by atoms with Crippen LogP contribution < -0.4 is 10.1 Å². The van der Waals surface area contributed by atoms with Crippen LogP contribution in [0.15, 0.2) is 58.6 Å². The molecule has 0 unspecified atom stereocenters. The van der Waals surface area contributed by atoms with E-state index in [9.17, 15) is 10.1 Å². The van der Waals surface area contributed by atoms with Crippen molar-refractivity contribution in [3.63, 3.8) is 0 Å². The average molecular weight is 357 g/mol. The van der Waals surface area contributed by atoms with Crippen LogP contribution in [0.3, 0.4) is 0 Å². The van der Waals surface area contributed by atoms with Crippen LogP contribution in [0.25, 0.3) is 6.08 Å². The van der Waals surface area contributed by atoms with Gasteiger partial charge in [-0.2, -0.15) is 5.26 Å². The first kappa shape index (κ1) is 15.8. The zero-order valence-electron chi connectivity index (χ0n) is 11.8. The van der Waals surface area contributed by atoms with Crippen LogP contribution in [-0.4, -0.2) is 13.0 Å². The third-order valence-corrected chi connectivity index (χ3v) is 3.38. The molecule has 0 atom stereocenters. The van der Waals surface area contributed by atoms with E-state index in [1.807, 2.05) is 24.3 Å². The predicted molar refractivity (Wildman–Crippen MR) is 89.4 cm³/mol. The maximum Gasteiger partial charge on any atom is 0.266 e. The zero-order chi connectivity index (χ0) is 15.9. The monoisotopic (exact) mass is 356 g/mol. The van der Waals surface area contributed by atoms with Gasteiger partial charge in [-0.25, -0.2) is 0 Å². The van der Waals surface area contributed by atoms with Crippen LogP contribution in [0.1, 0.15) is 5.56 Å². The van der Waals surface area contributed by atoms with Gasteiger partial charge in [0.2, 0.25) is 0 Å². The van der Waals surface area contributed by atoms with Crippen molar-refractivity contribution in [1.29, 1.82) is 5.26 Å². The molecule has 0 fully saturated rings. The summed E-state index contributed by atoms with van der Waals surface area (Å²) in [5.41, 5.74) is 1.29. The van der Waals surface area contributed by atoms with E-state index in [2.05, 4.69) is 21.2 Å². The molecular weight excluding hydrogens is 344 g/mol. The first-order chi connectivity index (χ1) is 10.6. The molecule has 0 heterocycles. The van der Waals surface area contributed by atoms with Gasteiger partial charge in [0, 0.05) is 15.7 Å². The lowest BCUT2D eigenvalue weighted by Gasteiger charge is -2.06. The standard InChI is InChI=1S/C17H13BrN2O2/c1-22-16-8-3-2-5-12(16)9-13(11-19)17(21)20-15-7-4-6-14(18)10-15/h2-10H,1H3,(H,20,21). The Bertz CT molecular complexity index is 763. The summed E-state index contributed by atoms with van der Waals surface area (Å²) in [6.45, 7) is 0. The Labute approximate surface area is 137 Å². The van der Waals surface area contributed by atoms with Gasteiger partial charge >= 0.3 is 0 Å². The predicted octanol–water partition coefficient (Wildman–Crippen LogP) is 4.00. The molecule has 1 amide bonds. The molecule has 0 spiro atoms. The highest BCUT2D eigenvalue weighted by Gasteiger charge is 2.11. The number of carbonyl (C=O) groups excluding carboxylic acids is 1. The van der Waals surface area contributed by atoms with Gasteiger partial charge in [-0.15, -0.1) is 0 Å². The number of halogens is 1. The molecule has 110 valence electrons. The number of nitrogens with one attached hydrogen (secondary N) is 1. The minimum atomic E-state index is -0.466. The third-order valence-electron chi connectivity index (χ3n) is 2.89. The summed E-state index contributed by atoms with van der Waals surface area (Å²) in [6, 6.07) is 16.3. The molecule has 0 aromatic heterocycles. The Morgan fingerprint density at radius 1 is 1.27 bits per heavy atom. The van der Waals surface area contributed by atoms with E-state index in [0.717, 1.165) is 4.47 Å². The zero-order valence-corrected chi connectivity index (χ0v) is 13.4. The number of para-hydroxylation sites is 1. The van der Waals surface area contributed by atoms with Crippen molar-refractivity contribution in [2.75, 3.05) is 12.4 Å². The SMILES string of the molecule is COc1ccccc1C=C(C#N)C(=O)Nc1cccc(Br)c1. The lowest BCUT2D eigenvalue weighted by atomic mass is 10.1. The highest BCUT2D eigenvalue weighted by atomic mass is 79.9. The van der Waals surface area contributed by atoms with E-state index in [1.54, 1.807) is 37.4 Å². The number of ether oxygens (including phenoxy) is 1. The fraction of sp³-hybridized carbons (Fsp3) is 0.0588. The first-order valence-corrected chi connectivity index (χ1v) is 7.25. The number of carbonyl (C=O) groups is 1. The van der Waals surface area contributed by atoms with E-state index < -0.39 is 5.91 Å². The number of nitriles is 1. The molecule has 0 saturated heterocycles. The molecule has 4 nitrogen and oxygen atoms in total. The van der Waals surface area contributed by atoms with Gasteiger partial charge in [-0.3, -0.25) is 4.79 Å². The lowest BCUT2D eigenvalue weighted by Crippen LogP contribution is -2.13. The normalized spacial score (nSPS) is 10.7. The third kappa shape index (κ3) is 3.96. The summed E-state index contributed by atoms with van der Waals surface area (Å²) < 4.78 is 6.06. The molecule has 2 rings (SSSR count). The van der Waals surface area contributed by atoms with Crippen LogP contribution in [0.4, 0.5) is 5.69 Å². The van der Waals surface area contributed by atoms with Crippen molar-refractivity contribution in [3.8, 4) is 11.8 Å². The van der Waals surface area contributed by atoms with Crippen LogP contribution in [0, 0.1) is 11.3 Å². The fourth-order valence-corrected chi connectivity index (χ4v) is 2.25. The van der Waals surface area contributed by atoms with Gasteiger partial charge in [0.05, 0.1) is 7.11 Å². The quantitative estimate of drug-likeness (QED) is 0.665. The number of amides is 1. The average Bonchev–Trinajstić information content (AvgIpc) is 2.52. The van der Waals surface area contributed by atoms with Crippen molar-refractivity contribution < 1.29 is 9.53 Å². The molecule has 2 aromatic carbocycles. The fourth-order valence-electron chi connectivity index (χ4n) is 1.85. The van der Waals surface area contributed by atoms with Crippen molar-refractivity contribution >= 4 is 33.6 Å². The Morgan fingerprint density at radius 3 is 2.73 bits per heavy atom. The smallest absolute Gasteiger partial charge is 0.266 e. The number of hydrogen-bond acceptors (Lipinski definition) is 3. The Hall–Kier alpha value is -2.58. The minimum Gasteiger partial charge on any atom is -0.496 e. The summed E-state index contributed by atoms with van der Waals surface area (Å²) in [6.07, 6.45) is 1.51. The maximum atomic E-state index is 12.2. The summed E-state index contributed by atoms with van der Waals surface area (Å²) in [5, 5.41) is 11.9. The Morgan fingerprint density at radius 2 is 2.05 bits per heavy atom. The van der Waals surface area contributed by atoms with Gasteiger partial charge < -0.3 is 10.1 Å². The molecule has 22 heavy (non-hydrogen) atoms. The first-order valence-electron chi connectivity index (χ1n) is 6.46. The molecule has 2 aromatic rings. The number of methoxy groups -OCH3 is 1. The molecule has 0 radical (unpaired) electrons. The number of hydrogen-bond donors (Lipinski definition) is 1. The van der Waals surface area contributed by atoms with Crippen molar-refractivity contribution in [1.82, 2.24) is 0 Å².